The van der Waals surface area contributed by atoms with Crippen LogP contribution < -0.4 is 10.9 Å². The van der Waals surface area contributed by atoms with E-state index in [0.717, 1.165) is 5.56 Å². The van der Waals surface area contributed by atoms with Crippen molar-refractivity contribution in [2.45, 2.75) is 18.6 Å². The third kappa shape index (κ3) is 4.88. The molecule has 0 aliphatic carbocycles. The quantitative estimate of drug-likeness (QED) is 0.471. The van der Waals surface area contributed by atoms with E-state index in [9.17, 15) is 9.59 Å². The van der Waals surface area contributed by atoms with Crippen molar-refractivity contribution in [1.29, 1.82) is 0 Å². The van der Waals surface area contributed by atoms with E-state index in [1.54, 1.807) is 29.6 Å². The third-order valence-electron chi connectivity index (χ3n) is 3.53. The molecular formula is C17H16ClN5O2S2. The molecule has 0 saturated heterocycles. The number of nitrogens with one attached hydrogen (secondary N) is 2. The molecule has 0 fully saturated rings. The highest BCUT2D eigenvalue weighted by Gasteiger charge is 2.15. The fourth-order valence-corrected chi connectivity index (χ4v) is 3.80. The van der Waals surface area contributed by atoms with E-state index in [1.165, 1.54) is 23.1 Å². The summed E-state index contributed by atoms with van der Waals surface area (Å²) in [5, 5.41) is 11.5. The maximum absolute atomic E-state index is 12.0. The number of aromatic nitrogens is 3. The average molecular weight is 422 g/mol. The second kappa shape index (κ2) is 9.03. The van der Waals surface area contributed by atoms with Gasteiger partial charge in [0.15, 0.2) is 11.0 Å². The van der Waals surface area contributed by atoms with Gasteiger partial charge in [-0.3, -0.25) is 20.4 Å². The number of halogens is 1. The van der Waals surface area contributed by atoms with Gasteiger partial charge in [0.25, 0.3) is 5.91 Å². The monoisotopic (exact) mass is 421 g/mol. The van der Waals surface area contributed by atoms with Crippen LogP contribution in [0.25, 0.3) is 11.4 Å². The van der Waals surface area contributed by atoms with Gasteiger partial charge in [-0.15, -0.1) is 21.5 Å². The zero-order chi connectivity index (χ0) is 19.2. The van der Waals surface area contributed by atoms with Gasteiger partial charge in [-0.25, -0.2) is 0 Å². The lowest BCUT2D eigenvalue weighted by molar-refractivity contribution is -0.119. The molecule has 7 nitrogen and oxygen atoms in total. The van der Waals surface area contributed by atoms with Crippen molar-refractivity contribution in [2.75, 3.05) is 5.75 Å². The first kappa shape index (κ1) is 19.4. The van der Waals surface area contributed by atoms with Crippen LogP contribution in [0.1, 0.15) is 16.6 Å². The molecule has 0 unspecified atom stereocenters. The molecule has 0 atom stereocenters. The largest absolute Gasteiger partial charge is 0.302 e. The number of rotatable bonds is 6. The fourth-order valence-electron chi connectivity index (χ4n) is 2.26. The van der Waals surface area contributed by atoms with Gasteiger partial charge in [0, 0.05) is 17.1 Å². The van der Waals surface area contributed by atoms with Crippen LogP contribution in [-0.2, 0) is 11.3 Å². The molecule has 0 spiro atoms. The first-order valence-corrected chi connectivity index (χ1v) is 10.3. The summed E-state index contributed by atoms with van der Waals surface area (Å²) in [6.07, 6.45) is 0. The second-order valence-electron chi connectivity index (χ2n) is 5.33. The molecule has 0 bridgehead atoms. The molecule has 0 aliphatic rings. The molecule has 27 heavy (non-hydrogen) atoms. The molecule has 10 heteroatoms. The fraction of sp³-hybridized carbons (Fsp3) is 0.176. The molecule has 1 aromatic carbocycles. The number of carbonyl (C=O) groups is 2. The molecule has 2 N–H and O–H groups in total. The van der Waals surface area contributed by atoms with E-state index < -0.39 is 0 Å². The lowest BCUT2D eigenvalue weighted by Crippen LogP contribution is -2.42. The second-order valence-corrected chi connectivity index (χ2v) is 7.65. The summed E-state index contributed by atoms with van der Waals surface area (Å²) in [6.45, 7) is 2.64. The number of hydrogen-bond donors (Lipinski definition) is 2. The Hall–Kier alpha value is -2.36. The average Bonchev–Trinajstić information content (AvgIpc) is 3.34. The molecule has 3 rings (SSSR count). The van der Waals surface area contributed by atoms with Crippen LogP contribution in [0.15, 0.2) is 46.9 Å². The highest BCUT2D eigenvalue weighted by molar-refractivity contribution is 7.99. The van der Waals surface area contributed by atoms with Crippen molar-refractivity contribution in [3.63, 3.8) is 0 Å². The molecule has 0 aliphatic heterocycles. The van der Waals surface area contributed by atoms with Crippen LogP contribution >= 0.6 is 34.7 Å². The molecule has 2 heterocycles. The summed E-state index contributed by atoms with van der Waals surface area (Å²) in [6, 6.07) is 10.8. The summed E-state index contributed by atoms with van der Waals surface area (Å²) in [5.74, 6) is 0.139. The van der Waals surface area contributed by atoms with Gasteiger partial charge in [0.05, 0.1) is 10.6 Å². The van der Waals surface area contributed by atoms with Crippen LogP contribution in [0.5, 0.6) is 0 Å². The summed E-state index contributed by atoms with van der Waals surface area (Å²) >= 11 is 8.48. The minimum atomic E-state index is -0.343. The van der Waals surface area contributed by atoms with Gasteiger partial charge in [-0.2, -0.15) is 0 Å². The van der Waals surface area contributed by atoms with E-state index in [4.69, 9.17) is 11.6 Å². The van der Waals surface area contributed by atoms with Crippen LogP contribution in [0, 0.1) is 0 Å². The van der Waals surface area contributed by atoms with E-state index in [0.29, 0.717) is 27.4 Å². The number of carbonyl (C=O) groups excluding carboxylic acids is 2. The molecule has 0 radical (unpaired) electrons. The Kier molecular flexibility index (Phi) is 6.49. The number of benzene rings is 1. The third-order valence-corrected chi connectivity index (χ3v) is 5.62. The number of hydrazine groups is 1. The van der Waals surface area contributed by atoms with Crippen molar-refractivity contribution in [3.8, 4) is 11.4 Å². The van der Waals surface area contributed by atoms with Gasteiger partial charge < -0.3 is 4.57 Å². The number of hydrogen-bond acceptors (Lipinski definition) is 6. The van der Waals surface area contributed by atoms with Gasteiger partial charge >= 0.3 is 0 Å². The Balaban J connectivity index is 1.58. The minimum absolute atomic E-state index is 0.101. The summed E-state index contributed by atoms with van der Waals surface area (Å²) < 4.78 is 1.92. The molecular weight excluding hydrogens is 406 g/mol. The number of nitrogens with zero attached hydrogens (tertiary/aromatic N) is 3. The Morgan fingerprint density at radius 3 is 2.63 bits per heavy atom. The van der Waals surface area contributed by atoms with Crippen molar-refractivity contribution in [2.24, 2.45) is 0 Å². The Morgan fingerprint density at radius 1 is 1.19 bits per heavy atom. The van der Waals surface area contributed by atoms with E-state index in [-0.39, 0.29) is 17.6 Å². The van der Waals surface area contributed by atoms with Crippen molar-refractivity contribution < 1.29 is 9.59 Å². The number of thioether (sulfide) groups is 1. The first-order valence-electron chi connectivity index (χ1n) is 8.03. The highest BCUT2D eigenvalue weighted by atomic mass is 35.5. The molecule has 0 saturated carbocycles. The Bertz CT molecular complexity index is 925. The molecule has 2 amide bonds. The van der Waals surface area contributed by atoms with Crippen LogP contribution in [0.2, 0.25) is 5.02 Å². The number of amides is 2. The lowest BCUT2D eigenvalue weighted by Gasteiger charge is -2.08. The van der Waals surface area contributed by atoms with E-state index in [2.05, 4.69) is 21.0 Å². The van der Waals surface area contributed by atoms with Crippen LogP contribution in [-0.4, -0.2) is 32.3 Å². The van der Waals surface area contributed by atoms with Gasteiger partial charge in [0.1, 0.15) is 0 Å². The SMILES string of the molecule is CCn1c(SCC(=O)NNC(=O)c2cccs2)nnc1-c1ccc(Cl)cc1. The summed E-state index contributed by atoms with van der Waals surface area (Å²) in [5.41, 5.74) is 5.68. The zero-order valence-corrected chi connectivity index (χ0v) is 16.7. The topological polar surface area (TPSA) is 88.9 Å². The first-order chi connectivity index (χ1) is 13.1. The zero-order valence-electron chi connectivity index (χ0n) is 14.3. The highest BCUT2D eigenvalue weighted by Crippen LogP contribution is 2.24. The standard InChI is InChI=1S/C17H16ClN5O2S2/c1-2-23-15(11-5-7-12(18)8-6-11)20-22-17(23)27-10-14(24)19-21-16(25)13-4-3-9-26-13/h3-9H,2,10H2,1H3,(H,19,24)(H,21,25). The maximum Gasteiger partial charge on any atom is 0.279 e. The van der Waals surface area contributed by atoms with Crippen molar-refractivity contribution >= 4 is 46.5 Å². The molecule has 3 aromatic rings. The van der Waals surface area contributed by atoms with E-state index >= 15 is 0 Å². The van der Waals surface area contributed by atoms with Crippen LogP contribution in [0.3, 0.4) is 0 Å². The summed E-state index contributed by atoms with van der Waals surface area (Å²) in [4.78, 5) is 24.3. The lowest BCUT2D eigenvalue weighted by atomic mass is 10.2. The Morgan fingerprint density at radius 2 is 1.96 bits per heavy atom. The minimum Gasteiger partial charge on any atom is -0.302 e. The maximum atomic E-state index is 12.0. The predicted molar refractivity (Wildman–Crippen MR) is 107 cm³/mol. The molecule has 2 aromatic heterocycles. The normalized spacial score (nSPS) is 10.6. The molecule has 140 valence electrons. The van der Waals surface area contributed by atoms with E-state index in [1.807, 2.05) is 23.6 Å². The van der Waals surface area contributed by atoms with Crippen LogP contribution in [0.4, 0.5) is 0 Å². The van der Waals surface area contributed by atoms with Crippen molar-refractivity contribution in [3.05, 3.63) is 51.7 Å². The van der Waals surface area contributed by atoms with Crippen molar-refractivity contribution in [1.82, 2.24) is 25.6 Å². The van der Waals surface area contributed by atoms with Gasteiger partial charge in [-0.05, 0) is 42.6 Å². The number of thiophene rings is 1. The predicted octanol–water partition coefficient (Wildman–Crippen LogP) is 3.23. The smallest absolute Gasteiger partial charge is 0.279 e. The Labute approximate surface area is 169 Å². The van der Waals surface area contributed by atoms with Gasteiger partial charge in [0.2, 0.25) is 5.91 Å². The van der Waals surface area contributed by atoms with Gasteiger partial charge in [-0.1, -0.05) is 29.4 Å². The summed E-state index contributed by atoms with van der Waals surface area (Å²) in [7, 11) is 0.